The van der Waals surface area contributed by atoms with Crippen LogP contribution < -0.4 is 31.8 Å². The molecule has 0 aromatic heterocycles. The van der Waals surface area contributed by atoms with E-state index in [1.54, 1.807) is 242 Å². The number of carbonyl (C=O) groups is 9. The Morgan fingerprint density at radius 2 is 0.505 bits per heavy atom. The molecule has 0 aliphatic heterocycles. The molecule has 16 nitrogen and oxygen atoms in total. The van der Waals surface area contributed by atoms with E-state index >= 15 is 13.7 Å². The zero-order chi connectivity index (χ0) is 70.3. The maximum Gasteiger partial charge on any atom is 0.339 e. The number of ether oxygens (including phenoxy) is 3. The summed E-state index contributed by atoms with van der Waals surface area (Å²) in [6, 6.07) is 53.8. The Hall–Kier alpha value is -9.94. The molecule has 494 valence electrons. The van der Waals surface area contributed by atoms with Crippen molar-refractivity contribution >= 4 is 105 Å². The minimum Gasteiger partial charge on any atom is -0.457 e. The monoisotopic (exact) mass is 1360 g/mol. The molecule has 9 aromatic carbocycles. The fourth-order valence-corrected chi connectivity index (χ4v) is 20.7. The highest BCUT2D eigenvalue weighted by atomic mass is 31.2. The molecule has 9 aromatic rings. The Bertz CT molecular complexity index is 4450. The minimum atomic E-state index is -4.12. The molecule has 19 heteroatoms. The van der Waals surface area contributed by atoms with E-state index in [2.05, 4.69) is 0 Å². The van der Waals surface area contributed by atoms with Gasteiger partial charge in [-0.25, -0.2) is 4.79 Å². The van der Waals surface area contributed by atoms with Crippen molar-refractivity contribution in [2.24, 2.45) is 0 Å². The van der Waals surface area contributed by atoms with Gasteiger partial charge >= 0.3 is 17.9 Å². The van der Waals surface area contributed by atoms with Gasteiger partial charge in [-0.2, -0.15) is 0 Å². The topological polar surface area (TPSA) is 253 Å². The number of carbonyl (C=O) groups excluding carboxylic acids is 9. The predicted octanol–water partition coefficient (Wildman–Crippen LogP) is 12.0. The van der Waals surface area contributed by atoms with Gasteiger partial charge in [0.2, 0.25) is 55.3 Å². The molecule has 0 heterocycles. The van der Waals surface area contributed by atoms with Gasteiger partial charge in [0.1, 0.15) is 0 Å². The second kappa shape index (κ2) is 29.6. The fourth-order valence-electron chi connectivity index (χ4n) is 12.8. The van der Waals surface area contributed by atoms with Gasteiger partial charge in [-0.15, -0.1) is 0 Å². The zero-order valence-electron chi connectivity index (χ0n) is 55.0. The molecule has 0 spiro atoms. The van der Waals surface area contributed by atoms with Gasteiger partial charge in [-0.3, -0.25) is 38.4 Å². The van der Waals surface area contributed by atoms with E-state index in [4.69, 9.17) is 14.2 Å². The van der Waals surface area contributed by atoms with Crippen molar-refractivity contribution in [3.63, 3.8) is 0 Å². The number of esters is 3. The molecule has 0 saturated carbocycles. The van der Waals surface area contributed by atoms with Gasteiger partial charge in [-0.1, -0.05) is 200 Å². The van der Waals surface area contributed by atoms with Crippen molar-refractivity contribution in [2.75, 3.05) is 19.8 Å². The molecular formula is C78H71O16P3. The molecule has 9 rings (SSSR count). The average molecular weight is 1360 g/mol. The summed E-state index contributed by atoms with van der Waals surface area (Å²) in [5.41, 5.74) is -3.15. The Morgan fingerprint density at radius 3 is 0.722 bits per heavy atom. The SMILES string of the molecule is Cc1cc(C)c(C(=O)P(=O)(c2ccccc2)c2ccccc2)c(C)c1C(=O)COC(=O)CC(O)(CC(=O)OCC(=O)c1c(C)cc(C)c(C(=O)P(=O)(c2ccccc2)c2ccccc2)c1C)C(=O)OCC(=O)c1c(C)cc(C)c(C(=O)P(=O)(c2ccccc2)c2ccccc2)c1C. The van der Waals surface area contributed by atoms with E-state index in [0.29, 0.717) is 33.4 Å². The quantitative estimate of drug-likeness (QED) is 0.0229. The first kappa shape index (κ1) is 71.4. The highest BCUT2D eigenvalue weighted by Crippen LogP contribution is 2.51. The largest absolute Gasteiger partial charge is 0.457 e. The number of Topliss-reactive ketones (excluding diaryl/α,β-unsaturated/α-hetero) is 3. The predicted molar refractivity (Wildman–Crippen MR) is 374 cm³/mol. The molecule has 0 atom stereocenters. The molecule has 0 radical (unpaired) electrons. The number of ketones is 3. The number of aliphatic hydroxyl groups is 1. The van der Waals surface area contributed by atoms with Crippen LogP contribution in [0.25, 0.3) is 0 Å². The van der Waals surface area contributed by atoms with Gasteiger partial charge in [0, 0.05) is 65.2 Å². The summed E-state index contributed by atoms with van der Waals surface area (Å²) in [6.07, 6.45) is -2.83. The molecule has 97 heavy (non-hydrogen) atoms. The number of benzene rings is 9. The molecule has 0 saturated heterocycles. The zero-order valence-corrected chi connectivity index (χ0v) is 57.7. The molecule has 0 aliphatic carbocycles. The third kappa shape index (κ3) is 14.2. The number of hydrogen-bond acceptors (Lipinski definition) is 16. The normalized spacial score (nSPS) is 11.7. The molecule has 0 unspecified atom stereocenters. The Labute approximate surface area is 562 Å². The lowest BCUT2D eigenvalue weighted by Gasteiger charge is -2.25. The molecule has 0 fully saturated rings. The third-order valence-electron chi connectivity index (χ3n) is 17.3. The standard InChI is InChI=1S/C78H71O16P3/c1-48-40-51(4)71(74(84)95(89,57-28-16-10-17-29-57)58-30-18-11-19-31-58)54(7)68(48)63(79)45-92-66(82)43-78(88,77(87)94-47-65(81)70-50(3)42-53(6)73(56(70)9)76(86)97(91,61-36-24-14-25-37-61)62-38-26-15-27-39-62)44-67(83)93-46-64(80)69-49(2)41-52(5)72(55(69)8)75(85)96(90,59-32-20-12-21-33-59)60-34-22-13-23-35-60/h10-42,88H,43-47H2,1-9H3. The molecule has 0 amide bonds. The fraction of sp³-hybridized carbons (Fsp3) is 0.192. The van der Waals surface area contributed by atoms with Crippen LogP contribution in [-0.2, 0) is 42.3 Å². The van der Waals surface area contributed by atoms with Crippen LogP contribution in [0.1, 0.15) is 125 Å². The van der Waals surface area contributed by atoms with Crippen molar-refractivity contribution in [1.29, 1.82) is 0 Å². The minimum absolute atomic E-state index is 0.00300. The van der Waals surface area contributed by atoms with Crippen molar-refractivity contribution in [2.45, 2.75) is 80.8 Å². The van der Waals surface area contributed by atoms with Gasteiger partial charge in [0.15, 0.2) is 25.4 Å². The first-order chi connectivity index (χ1) is 46.1. The van der Waals surface area contributed by atoms with Crippen LogP contribution in [0.4, 0.5) is 0 Å². The van der Waals surface area contributed by atoms with Crippen molar-refractivity contribution in [1.82, 2.24) is 0 Å². The van der Waals surface area contributed by atoms with Crippen molar-refractivity contribution in [3.05, 3.63) is 284 Å². The number of aryl methyl sites for hydroxylation is 6. The summed E-state index contributed by atoms with van der Waals surface area (Å²) in [5, 5.41) is 13.8. The Balaban J connectivity index is 0.997. The van der Waals surface area contributed by atoms with E-state index in [1.165, 1.54) is 20.8 Å². The first-order valence-electron chi connectivity index (χ1n) is 31.0. The summed E-state index contributed by atoms with van der Waals surface area (Å²) in [7, 11) is -12.3. The highest BCUT2D eigenvalue weighted by Gasteiger charge is 2.46. The van der Waals surface area contributed by atoms with E-state index < -0.39 is 112 Å². The van der Waals surface area contributed by atoms with Crippen LogP contribution >= 0.6 is 21.4 Å². The maximum absolute atomic E-state index is 15.3. The van der Waals surface area contributed by atoms with E-state index in [9.17, 15) is 48.3 Å². The smallest absolute Gasteiger partial charge is 0.339 e. The molecule has 0 bridgehead atoms. The van der Waals surface area contributed by atoms with Crippen molar-refractivity contribution in [3.8, 4) is 0 Å². The van der Waals surface area contributed by atoms with Crippen molar-refractivity contribution < 1.29 is 76.2 Å². The summed E-state index contributed by atoms with van der Waals surface area (Å²) in [6.45, 7) is 10.9. The van der Waals surface area contributed by atoms with E-state index in [1.807, 2.05) is 0 Å². The van der Waals surface area contributed by atoms with Crippen LogP contribution in [0.5, 0.6) is 0 Å². The summed E-state index contributed by atoms with van der Waals surface area (Å²) in [4.78, 5) is 130. The van der Waals surface area contributed by atoms with Gasteiger partial charge in [0.05, 0.1) is 12.8 Å². The van der Waals surface area contributed by atoms with Crippen LogP contribution in [0.15, 0.2) is 200 Å². The second-order valence-electron chi connectivity index (χ2n) is 24.0. The van der Waals surface area contributed by atoms with Crippen LogP contribution in [0.2, 0.25) is 0 Å². The van der Waals surface area contributed by atoms with Gasteiger partial charge in [0.25, 0.3) is 0 Å². The Morgan fingerprint density at radius 1 is 0.309 bits per heavy atom. The maximum atomic E-state index is 15.3. The lowest BCUT2D eigenvalue weighted by Crippen LogP contribution is -2.45. The van der Waals surface area contributed by atoms with E-state index in [-0.39, 0.29) is 81.9 Å². The molecule has 0 aliphatic rings. The first-order valence-corrected chi connectivity index (χ1v) is 36.1. The molecular weight excluding hydrogens is 1290 g/mol. The average Bonchev–Trinajstić information content (AvgIpc) is 0.762. The van der Waals surface area contributed by atoms with Gasteiger partial charge < -0.3 is 33.0 Å². The molecule has 1 N–H and O–H groups in total. The summed E-state index contributed by atoms with van der Waals surface area (Å²) >= 11 is 0. The van der Waals surface area contributed by atoms with Crippen LogP contribution in [0.3, 0.4) is 0 Å². The highest BCUT2D eigenvalue weighted by molar-refractivity contribution is 7.94. The number of hydrogen-bond donors (Lipinski definition) is 1. The van der Waals surface area contributed by atoms with Crippen LogP contribution in [0, 0.1) is 62.3 Å². The van der Waals surface area contributed by atoms with E-state index in [0.717, 1.165) is 0 Å². The lowest BCUT2D eigenvalue weighted by atomic mass is 9.91. The van der Waals surface area contributed by atoms with Gasteiger partial charge in [-0.05, 0) is 112 Å². The third-order valence-corrected chi connectivity index (χ3v) is 25.8. The Kier molecular flexibility index (Phi) is 21.8. The van der Waals surface area contributed by atoms with Crippen LogP contribution in [-0.4, -0.2) is 82.4 Å². The number of rotatable bonds is 26. The summed E-state index contributed by atoms with van der Waals surface area (Å²) in [5.74, 6) is -7.22. The lowest BCUT2D eigenvalue weighted by molar-refractivity contribution is -0.176. The second-order valence-corrected chi connectivity index (χ2v) is 31.9. The summed E-state index contributed by atoms with van der Waals surface area (Å²) < 4.78 is 62.2.